The monoisotopic (exact) mass is 812 g/mol. The highest BCUT2D eigenvalue weighted by molar-refractivity contribution is 6.19. The predicted molar refractivity (Wildman–Crippen MR) is 203 cm³/mol. The Hall–Kier alpha value is -7.88. The molecule has 300 valence electrons. The molecule has 16 nitrogen and oxygen atoms in total. The van der Waals surface area contributed by atoms with Gasteiger partial charge in [-0.25, -0.2) is 19.2 Å². The maximum Gasteiger partial charge on any atom is 0.374 e. The van der Waals surface area contributed by atoms with Gasteiger partial charge in [0.15, 0.2) is 22.4 Å². The minimum absolute atomic E-state index is 0.0256. The number of hydrogen-bond acceptors (Lipinski definition) is 16. The molecule has 9 rings (SSSR count). The molecule has 4 unspecified atom stereocenters. The number of carbonyl (C=O) groups is 6. The Balaban J connectivity index is 0.988. The Kier molecular flexibility index (Phi) is 9.10. The highest BCUT2D eigenvalue weighted by atomic mass is 16.6. The lowest BCUT2D eigenvalue weighted by molar-refractivity contribution is -0.262. The van der Waals surface area contributed by atoms with E-state index in [4.69, 9.17) is 37.3 Å². The summed E-state index contributed by atoms with van der Waals surface area (Å²) in [6, 6.07) is 26.2. The van der Waals surface area contributed by atoms with E-state index < -0.39 is 107 Å². The molecule has 1 fully saturated rings. The zero-order chi connectivity index (χ0) is 41.8. The molecule has 0 spiro atoms. The van der Waals surface area contributed by atoms with Crippen LogP contribution in [0.2, 0.25) is 0 Å². The van der Waals surface area contributed by atoms with Crippen molar-refractivity contribution in [1.29, 1.82) is 0 Å². The van der Waals surface area contributed by atoms with Crippen molar-refractivity contribution in [3.05, 3.63) is 152 Å². The zero-order valence-corrected chi connectivity index (χ0v) is 30.9. The largest absolute Gasteiger partial charge is 0.469 e. The van der Waals surface area contributed by atoms with Crippen LogP contribution in [0.15, 0.2) is 128 Å². The molecular weight excluding hydrogens is 784 g/mol. The average Bonchev–Trinajstić information content (AvgIpc) is 3.26. The molecule has 0 bridgehead atoms. The third-order valence-electron chi connectivity index (χ3n) is 10.6. The van der Waals surface area contributed by atoms with Crippen molar-refractivity contribution >= 4 is 57.4 Å². The molecule has 4 heterocycles. The number of Topliss-reactive ketones (excluding diaryl/α,β-unsaturated/α-hetero) is 2. The summed E-state index contributed by atoms with van der Waals surface area (Å²) < 4.78 is 45.2. The van der Waals surface area contributed by atoms with Crippen molar-refractivity contribution in [2.45, 2.75) is 11.2 Å². The van der Waals surface area contributed by atoms with E-state index in [-0.39, 0.29) is 44.6 Å². The third-order valence-corrected chi connectivity index (χ3v) is 10.6. The smallest absolute Gasteiger partial charge is 0.374 e. The number of esters is 4. The molecule has 2 aromatic heterocycles. The van der Waals surface area contributed by atoms with Crippen LogP contribution in [0.5, 0.6) is 11.5 Å². The van der Waals surface area contributed by atoms with Gasteiger partial charge in [-0.15, -0.1) is 0 Å². The Labute approximate surface area is 336 Å². The van der Waals surface area contributed by atoms with Gasteiger partial charge in [-0.1, -0.05) is 48.5 Å². The van der Waals surface area contributed by atoms with Crippen LogP contribution < -0.4 is 20.3 Å². The molecule has 3 aliphatic rings. The summed E-state index contributed by atoms with van der Waals surface area (Å²) in [4.78, 5) is 108. The predicted octanol–water partition coefficient (Wildman–Crippen LogP) is 4.27. The van der Waals surface area contributed by atoms with E-state index in [0.717, 1.165) is 12.1 Å². The Morgan fingerprint density at radius 1 is 0.483 bits per heavy atom. The summed E-state index contributed by atoms with van der Waals surface area (Å²) in [5.74, 6) is -10.6. The first-order valence-electron chi connectivity index (χ1n) is 18.4. The normalized spacial score (nSPS) is 20.8. The van der Waals surface area contributed by atoms with E-state index in [2.05, 4.69) is 0 Å². The molecule has 1 aliphatic carbocycles. The van der Waals surface area contributed by atoms with Crippen molar-refractivity contribution in [3.63, 3.8) is 0 Å². The minimum Gasteiger partial charge on any atom is -0.469 e. The number of benzene rings is 4. The van der Waals surface area contributed by atoms with E-state index in [1.165, 1.54) is 60.7 Å². The molecule has 6 aromatic rings. The van der Waals surface area contributed by atoms with Crippen LogP contribution in [-0.4, -0.2) is 73.1 Å². The summed E-state index contributed by atoms with van der Waals surface area (Å²) in [5.41, 5.74) is -5.99. The number of ether oxygens (including phenoxy) is 6. The summed E-state index contributed by atoms with van der Waals surface area (Å²) >= 11 is 0. The van der Waals surface area contributed by atoms with Gasteiger partial charge < -0.3 is 37.3 Å². The van der Waals surface area contributed by atoms with Gasteiger partial charge in [0, 0.05) is 12.1 Å². The first kappa shape index (κ1) is 37.7. The molecule has 0 saturated heterocycles. The van der Waals surface area contributed by atoms with Gasteiger partial charge in [0.05, 0.1) is 33.7 Å². The standard InChI is InChI=1S/C44H28O16/c45-27-21-33(57-29-13-5-1-9-23(27)29)39(49)53-17-19-55-41(51)43-35(37(47)25-11-3-7-15-31(25)59-43)36-38(48)26-12-4-8-16-32(26)60-44(36,43)42(52)56-20-18-54-40(50)34-22-28(46)24-10-2-6-14-30(24)58-34/h1-16,21-22,35-36H,17-20H2. The van der Waals surface area contributed by atoms with Crippen molar-refractivity contribution in [3.8, 4) is 11.5 Å². The van der Waals surface area contributed by atoms with Crippen LogP contribution in [0.4, 0.5) is 0 Å². The van der Waals surface area contributed by atoms with E-state index in [1.54, 1.807) is 36.4 Å². The lowest BCUT2D eigenvalue weighted by Crippen LogP contribution is -2.90. The highest BCUT2D eigenvalue weighted by Gasteiger charge is 2.90. The van der Waals surface area contributed by atoms with Crippen LogP contribution in [0.25, 0.3) is 21.9 Å². The molecule has 60 heavy (non-hydrogen) atoms. The van der Waals surface area contributed by atoms with Crippen molar-refractivity contribution in [2.24, 2.45) is 11.8 Å². The molecular formula is C44H28O16. The van der Waals surface area contributed by atoms with Crippen molar-refractivity contribution < 1.29 is 66.0 Å². The number of hydrogen-bond donors (Lipinski definition) is 0. The molecule has 4 aromatic carbocycles. The molecule has 1 saturated carbocycles. The zero-order valence-electron chi connectivity index (χ0n) is 30.9. The first-order valence-corrected chi connectivity index (χ1v) is 18.4. The van der Waals surface area contributed by atoms with E-state index in [1.807, 2.05) is 0 Å². The van der Waals surface area contributed by atoms with Crippen LogP contribution in [-0.2, 0) is 28.5 Å². The van der Waals surface area contributed by atoms with E-state index in [0.29, 0.717) is 0 Å². The lowest BCUT2D eigenvalue weighted by atomic mass is 9.45. The Bertz CT molecular complexity index is 2750. The molecule has 4 atom stereocenters. The van der Waals surface area contributed by atoms with Crippen LogP contribution in [0.1, 0.15) is 41.8 Å². The summed E-state index contributed by atoms with van der Waals surface area (Å²) in [5, 5.41) is 0.490. The summed E-state index contributed by atoms with van der Waals surface area (Å²) in [7, 11) is 0. The number of para-hydroxylation sites is 4. The molecule has 16 heteroatoms. The van der Waals surface area contributed by atoms with Gasteiger partial charge in [0.25, 0.3) is 11.2 Å². The quantitative estimate of drug-likeness (QED) is 0.107. The van der Waals surface area contributed by atoms with Gasteiger partial charge >= 0.3 is 23.9 Å². The van der Waals surface area contributed by atoms with Gasteiger partial charge in [0.1, 0.15) is 49.1 Å². The Morgan fingerprint density at radius 3 is 1.28 bits per heavy atom. The minimum atomic E-state index is -2.68. The molecule has 0 radical (unpaired) electrons. The van der Waals surface area contributed by atoms with Gasteiger partial charge in [-0.05, 0) is 48.5 Å². The topological polar surface area (TPSA) is 218 Å². The number of carbonyl (C=O) groups excluding carboxylic acids is 6. The second-order valence-electron chi connectivity index (χ2n) is 13.8. The third kappa shape index (κ3) is 5.74. The first-order chi connectivity index (χ1) is 29.0. The fourth-order valence-electron chi connectivity index (χ4n) is 7.93. The van der Waals surface area contributed by atoms with Gasteiger partial charge in [-0.3, -0.25) is 19.2 Å². The van der Waals surface area contributed by atoms with Crippen LogP contribution >= 0.6 is 0 Å². The number of fused-ring (bicyclic) bond motifs is 8. The van der Waals surface area contributed by atoms with Gasteiger partial charge in [0.2, 0.25) is 11.5 Å². The molecule has 2 aliphatic heterocycles. The summed E-state index contributed by atoms with van der Waals surface area (Å²) in [6.45, 7) is -2.48. The molecule has 0 N–H and O–H groups in total. The average molecular weight is 813 g/mol. The second-order valence-corrected chi connectivity index (χ2v) is 13.8. The van der Waals surface area contributed by atoms with Crippen LogP contribution in [0, 0.1) is 11.8 Å². The highest BCUT2D eigenvalue weighted by Crippen LogP contribution is 2.64. The van der Waals surface area contributed by atoms with Gasteiger partial charge in [-0.2, -0.15) is 0 Å². The van der Waals surface area contributed by atoms with Crippen LogP contribution in [0.3, 0.4) is 0 Å². The fraction of sp³-hybridized carbons (Fsp3) is 0.182. The van der Waals surface area contributed by atoms with E-state index >= 15 is 0 Å². The Morgan fingerprint density at radius 2 is 0.850 bits per heavy atom. The summed E-state index contributed by atoms with van der Waals surface area (Å²) in [6.07, 6.45) is 0. The number of ketones is 2. The maximum absolute atomic E-state index is 14.5. The lowest BCUT2D eigenvalue weighted by Gasteiger charge is -2.64. The second kappa shape index (κ2) is 14.5. The van der Waals surface area contributed by atoms with E-state index in [9.17, 15) is 38.4 Å². The maximum atomic E-state index is 14.5. The van der Waals surface area contributed by atoms with Crippen molar-refractivity contribution in [2.75, 3.05) is 26.4 Å². The number of rotatable bonds is 10. The molecule has 0 amide bonds. The van der Waals surface area contributed by atoms with Crippen molar-refractivity contribution in [1.82, 2.24) is 0 Å². The SMILES string of the molecule is O=C(OCCOC(=O)C12Oc3ccccc3C(=O)C1C1C(=O)c3ccccc3OC12C(=O)OCCOC(=O)c1cc(=O)c2ccccc2o1)c1cc(=O)c2ccccc2o1. The fourth-order valence-corrected chi connectivity index (χ4v) is 7.93.